The molecule has 0 fully saturated rings. The van der Waals surface area contributed by atoms with Crippen LogP contribution in [0.15, 0.2) is 29.0 Å². The monoisotopic (exact) mass is 217 g/mol. The molecule has 0 aromatic carbocycles. The van der Waals surface area contributed by atoms with E-state index in [1.165, 1.54) is 0 Å². The molecule has 0 amide bonds. The fourth-order valence-corrected chi connectivity index (χ4v) is 2.26. The van der Waals surface area contributed by atoms with Crippen molar-refractivity contribution in [3.63, 3.8) is 0 Å². The van der Waals surface area contributed by atoms with Gasteiger partial charge < -0.3 is 14.7 Å². The van der Waals surface area contributed by atoms with Crippen molar-refractivity contribution in [2.24, 2.45) is 5.73 Å². The van der Waals surface area contributed by atoms with Crippen molar-refractivity contribution in [2.75, 3.05) is 0 Å². The minimum atomic E-state index is 0.228. The first-order chi connectivity index (χ1) is 7.75. The molecular weight excluding hydrogens is 202 g/mol. The summed E-state index contributed by atoms with van der Waals surface area (Å²) in [5, 5.41) is 0. The van der Waals surface area contributed by atoms with Gasteiger partial charge in [0.1, 0.15) is 11.5 Å². The van der Waals surface area contributed by atoms with Gasteiger partial charge in [-0.05, 0) is 25.5 Å². The summed E-state index contributed by atoms with van der Waals surface area (Å²) in [6.07, 6.45) is 5.67. The fourth-order valence-electron chi connectivity index (χ4n) is 2.26. The van der Waals surface area contributed by atoms with E-state index in [2.05, 4.69) is 16.5 Å². The molecule has 0 saturated heterocycles. The Bertz CT molecular complexity index is 486. The highest BCUT2D eigenvalue weighted by atomic mass is 16.3. The molecule has 2 aromatic heterocycles. The number of nitrogens with zero attached hydrogens (tertiary/aromatic N) is 2. The van der Waals surface area contributed by atoms with E-state index in [4.69, 9.17) is 10.2 Å². The predicted octanol–water partition coefficient (Wildman–Crippen LogP) is 1.98. The number of furan rings is 1. The van der Waals surface area contributed by atoms with Crippen molar-refractivity contribution in [3.8, 4) is 11.5 Å². The maximum Gasteiger partial charge on any atom is 0.153 e. The van der Waals surface area contributed by atoms with Gasteiger partial charge in [-0.15, -0.1) is 0 Å². The van der Waals surface area contributed by atoms with Crippen LogP contribution in [0.3, 0.4) is 0 Å². The lowest BCUT2D eigenvalue weighted by Crippen LogP contribution is -2.35. The van der Waals surface area contributed by atoms with Gasteiger partial charge in [-0.2, -0.15) is 0 Å². The van der Waals surface area contributed by atoms with Crippen LogP contribution < -0.4 is 5.73 Å². The van der Waals surface area contributed by atoms with E-state index < -0.39 is 0 Å². The number of fused-ring (bicyclic) bond motifs is 1. The van der Waals surface area contributed by atoms with Gasteiger partial charge >= 0.3 is 0 Å². The molecule has 16 heavy (non-hydrogen) atoms. The van der Waals surface area contributed by atoms with Crippen molar-refractivity contribution < 1.29 is 4.42 Å². The van der Waals surface area contributed by atoms with E-state index in [1.54, 1.807) is 6.26 Å². The molecule has 0 radical (unpaired) electrons. The Morgan fingerprint density at radius 1 is 1.56 bits per heavy atom. The maximum absolute atomic E-state index is 6.05. The lowest BCUT2D eigenvalue weighted by molar-refractivity contribution is 0.368. The van der Waals surface area contributed by atoms with E-state index in [-0.39, 0.29) is 6.04 Å². The number of hydrogen-bond acceptors (Lipinski definition) is 3. The highest BCUT2D eigenvalue weighted by Crippen LogP contribution is 2.27. The molecule has 2 aromatic rings. The van der Waals surface area contributed by atoms with Crippen LogP contribution in [0.5, 0.6) is 0 Å². The van der Waals surface area contributed by atoms with Gasteiger partial charge in [-0.1, -0.05) is 0 Å². The summed E-state index contributed by atoms with van der Waals surface area (Å²) in [5.41, 5.74) is 6.95. The standard InChI is InChI=1S/C12H15N3O/c1-8-9(13)4-5-12-14-10(7-15(8)12)11-3-2-6-16-11/h2-3,6-9H,4-5,13H2,1H3. The average Bonchev–Trinajstić information content (AvgIpc) is 2.91. The quantitative estimate of drug-likeness (QED) is 0.794. The molecule has 2 unspecified atom stereocenters. The number of rotatable bonds is 1. The number of nitrogens with two attached hydrogens (primary N) is 1. The molecule has 3 rings (SSSR count). The van der Waals surface area contributed by atoms with E-state index in [0.717, 1.165) is 30.1 Å². The molecule has 2 N–H and O–H groups in total. The molecule has 1 aliphatic heterocycles. The lowest BCUT2D eigenvalue weighted by atomic mass is 10.0. The van der Waals surface area contributed by atoms with Crippen molar-refractivity contribution in [2.45, 2.75) is 31.8 Å². The highest BCUT2D eigenvalue weighted by Gasteiger charge is 2.24. The van der Waals surface area contributed by atoms with Gasteiger partial charge in [0.15, 0.2) is 5.76 Å². The predicted molar refractivity (Wildman–Crippen MR) is 60.9 cm³/mol. The van der Waals surface area contributed by atoms with Gasteiger partial charge in [0.25, 0.3) is 0 Å². The summed E-state index contributed by atoms with van der Waals surface area (Å²) in [7, 11) is 0. The lowest BCUT2D eigenvalue weighted by Gasteiger charge is -2.27. The molecule has 0 saturated carbocycles. The van der Waals surface area contributed by atoms with E-state index in [1.807, 2.05) is 18.3 Å². The third-order valence-corrected chi connectivity index (χ3v) is 3.34. The van der Waals surface area contributed by atoms with Crippen LogP contribution in [-0.2, 0) is 6.42 Å². The second-order valence-corrected chi connectivity index (χ2v) is 4.37. The van der Waals surface area contributed by atoms with E-state index >= 15 is 0 Å². The maximum atomic E-state index is 6.05. The third kappa shape index (κ3) is 1.38. The van der Waals surface area contributed by atoms with Gasteiger partial charge in [0.2, 0.25) is 0 Å². The van der Waals surface area contributed by atoms with Crippen LogP contribution in [0.4, 0.5) is 0 Å². The molecule has 84 valence electrons. The first kappa shape index (κ1) is 9.66. The largest absolute Gasteiger partial charge is 0.463 e. The van der Waals surface area contributed by atoms with Gasteiger partial charge in [-0.3, -0.25) is 0 Å². The Morgan fingerprint density at radius 3 is 3.19 bits per heavy atom. The zero-order chi connectivity index (χ0) is 11.1. The molecule has 3 heterocycles. The fraction of sp³-hybridized carbons (Fsp3) is 0.417. The Kier molecular flexibility index (Phi) is 2.11. The molecule has 1 aliphatic rings. The molecule has 4 heteroatoms. The summed E-state index contributed by atoms with van der Waals surface area (Å²) in [6.45, 7) is 2.14. The summed E-state index contributed by atoms with van der Waals surface area (Å²) in [4.78, 5) is 4.59. The first-order valence-corrected chi connectivity index (χ1v) is 5.63. The smallest absolute Gasteiger partial charge is 0.153 e. The zero-order valence-corrected chi connectivity index (χ0v) is 9.26. The highest BCUT2D eigenvalue weighted by molar-refractivity contribution is 5.51. The second-order valence-electron chi connectivity index (χ2n) is 4.37. The molecule has 0 aliphatic carbocycles. The molecule has 4 nitrogen and oxygen atoms in total. The van der Waals surface area contributed by atoms with E-state index in [0.29, 0.717) is 6.04 Å². The normalized spacial score (nSPS) is 24.4. The molecular formula is C12H15N3O. The summed E-state index contributed by atoms with van der Waals surface area (Å²) >= 11 is 0. The third-order valence-electron chi connectivity index (χ3n) is 3.34. The van der Waals surface area contributed by atoms with E-state index in [9.17, 15) is 0 Å². The van der Waals surface area contributed by atoms with Gasteiger partial charge in [0.05, 0.1) is 6.26 Å². The van der Waals surface area contributed by atoms with Gasteiger partial charge in [-0.25, -0.2) is 4.98 Å². The van der Waals surface area contributed by atoms with Crippen LogP contribution in [0.1, 0.15) is 25.2 Å². The Balaban J connectivity index is 2.04. The number of hydrogen-bond donors (Lipinski definition) is 1. The number of aryl methyl sites for hydroxylation is 1. The Hall–Kier alpha value is -1.55. The minimum Gasteiger partial charge on any atom is -0.463 e. The molecule has 2 atom stereocenters. The Morgan fingerprint density at radius 2 is 2.44 bits per heavy atom. The van der Waals surface area contributed by atoms with Crippen molar-refractivity contribution in [3.05, 3.63) is 30.4 Å². The number of aromatic nitrogens is 2. The SMILES string of the molecule is CC1C(N)CCc2nc(-c3ccco3)cn21. The average molecular weight is 217 g/mol. The first-order valence-electron chi connectivity index (χ1n) is 5.63. The van der Waals surface area contributed by atoms with Crippen LogP contribution >= 0.6 is 0 Å². The second kappa shape index (κ2) is 3.49. The topological polar surface area (TPSA) is 57.0 Å². The van der Waals surface area contributed by atoms with Gasteiger partial charge in [0, 0.05) is 24.7 Å². The van der Waals surface area contributed by atoms with Crippen LogP contribution in [0, 0.1) is 0 Å². The summed E-state index contributed by atoms with van der Waals surface area (Å²) < 4.78 is 7.52. The van der Waals surface area contributed by atoms with Crippen LogP contribution in [-0.4, -0.2) is 15.6 Å². The zero-order valence-electron chi connectivity index (χ0n) is 9.26. The minimum absolute atomic E-state index is 0.228. The summed E-state index contributed by atoms with van der Waals surface area (Å²) in [6, 6.07) is 4.35. The van der Waals surface area contributed by atoms with Crippen LogP contribution in [0.2, 0.25) is 0 Å². The van der Waals surface area contributed by atoms with Crippen LogP contribution in [0.25, 0.3) is 11.5 Å². The molecule has 0 bridgehead atoms. The Labute approximate surface area is 94.1 Å². The van der Waals surface area contributed by atoms with Crippen molar-refractivity contribution in [1.82, 2.24) is 9.55 Å². The van der Waals surface area contributed by atoms with Crippen molar-refractivity contribution in [1.29, 1.82) is 0 Å². The molecule has 0 spiro atoms. The summed E-state index contributed by atoms with van der Waals surface area (Å²) in [5.74, 6) is 1.93. The number of imidazole rings is 1. The van der Waals surface area contributed by atoms with Crippen molar-refractivity contribution >= 4 is 0 Å².